The van der Waals surface area contributed by atoms with E-state index in [1.54, 1.807) is 36.4 Å². The minimum atomic E-state index is -0.234. The van der Waals surface area contributed by atoms with Crippen LogP contribution in [0.3, 0.4) is 0 Å². The average molecular weight is 365 g/mol. The number of hydrogen-bond donors (Lipinski definition) is 1. The van der Waals surface area contributed by atoms with Crippen LogP contribution in [0.15, 0.2) is 42.5 Å². The molecule has 126 valence electrons. The summed E-state index contributed by atoms with van der Waals surface area (Å²) in [5.74, 6) is -0.330. The monoisotopic (exact) mass is 364 g/mol. The Kier molecular flexibility index (Phi) is 6.23. The number of anilines is 2. The van der Waals surface area contributed by atoms with Crippen molar-refractivity contribution in [3.63, 3.8) is 0 Å². The van der Waals surface area contributed by atoms with Crippen LogP contribution in [0.25, 0.3) is 0 Å². The van der Waals surface area contributed by atoms with Crippen LogP contribution in [0.2, 0.25) is 10.0 Å². The van der Waals surface area contributed by atoms with Crippen LogP contribution < -0.4 is 10.2 Å². The third kappa shape index (κ3) is 4.98. The van der Waals surface area contributed by atoms with E-state index in [0.29, 0.717) is 21.3 Å². The topological polar surface area (TPSA) is 49.4 Å². The molecule has 0 unspecified atom stereocenters. The van der Waals surface area contributed by atoms with Crippen LogP contribution >= 0.6 is 23.2 Å². The van der Waals surface area contributed by atoms with Crippen molar-refractivity contribution in [2.75, 3.05) is 24.3 Å². The number of amides is 1. The van der Waals surface area contributed by atoms with Crippen LogP contribution in [0, 0.1) is 0 Å². The molecule has 0 saturated heterocycles. The van der Waals surface area contributed by atoms with Gasteiger partial charge in [-0.3, -0.25) is 9.59 Å². The number of nitrogens with one attached hydrogen (secondary N) is 1. The second kappa shape index (κ2) is 8.18. The molecule has 0 atom stereocenters. The van der Waals surface area contributed by atoms with Gasteiger partial charge >= 0.3 is 0 Å². The first kappa shape index (κ1) is 18.3. The Morgan fingerprint density at radius 3 is 2.21 bits per heavy atom. The third-order valence-corrected chi connectivity index (χ3v) is 3.95. The van der Waals surface area contributed by atoms with Crippen molar-refractivity contribution < 1.29 is 9.59 Å². The molecule has 0 radical (unpaired) electrons. The number of Topliss-reactive ketones (excluding diaryl/α,β-unsaturated/α-hetero) is 1. The maximum absolute atomic E-state index is 12.1. The lowest BCUT2D eigenvalue weighted by Crippen LogP contribution is -2.17. The molecule has 4 nitrogen and oxygen atoms in total. The number of nitrogens with zero attached hydrogens (tertiary/aromatic N) is 1. The van der Waals surface area contributed by atoms with Gasteiger partial charge in [0.15, 0.2) is 5.78 Å². The number of carbonyl (C=O) groups excluding carboxylic acids is 2. The number of rotatable bonds is 6. The molecule has 0 fully saturated rings. The van der Waals surface area contributed by atoms with E-state index in [2.05, 4.69) is 5.32 Å². The Morgan fingerprint density at radius 2 is 1.58 bits per heavy atom. The Morgan fingerprint density at radius 1 is 0.958 bits per heavy atom. The van der Waals surface area contributed by atoms with Gasteiger partial charge in [0.05, 0.1) is 11.4 Å². The SMILES string of the molecule is CN(C)c1ccc(Cl)cc1NC(=O)CCC(=O)c1ccc(Cl)cc1. The predicted molar refractivity (Wildman–Crippen MR) is 99.4 cm³/mol. The largest absolute Gasteiger partial charge is 0.376 e. The zero-order chi connectivity index (χ0) is 17.7. The van der Waals surface area contributed by atoms with Gasteiger partial charge in [-0.15, -0.1) is 0 Å². The second-order valence-electron chi connectivity index (χ2n) is 5.53. The second-order valence-corrected chi connectivity index (χ2v) is 6.41. The molecule has 0 aliphatic heterocycles. The Hall–Kier alpha value is -2.04. The lowest BCUT2D eigenvalue weighted by molar-refractivity contribution is -0.116. The van der Waals surface area contributed by atoms with E-state index in [0.717, 1.165) is 5.69 Å². The van der Waals surface area contributed by atoms with E-state index in [1.165, 1.54) is 0 Å². The highest BCUT2D eigenvalue weighted by molar-refractivity contribution is 6.31. The number of hydrogen-bond acceptors (Lipinski definition) is 3. The van der Waals surface area contributed by atoms with E-state index in [4.69, 9.17) is 23.2 Å². The van der Waals surface area contributed by atoms with Gasteiger partial charge in [0, 0.05) is 42.5 Å². The van der Waals surface area contributed by atoms with E-state index in [-0.39, 0.29) is 24.5 Å². The predicted octanol–water partition coefficient (Wildman–Crippen LogP) is 4.66. The zero-order valence-electron chi connectivity index (χ0n) is 13.5. The summed E-state index contributed by atoms with van der Waals surface area (Å²) < 4.78 is 0. The summed E-state index contributed by atoms with van der Waals surface area (Å²) in [6.45, 7) is 0. The number of halogens is 2. The normalized spacial score (nSPS) is 10.3. The van der Waals surface area contributed by atoms with Crippen molar-refractivity contribution in [3.05, 3.63) is 58.1 Å². The molecular formula is C18H18Cl2N2O2. The smallest absolute Gasteiger partial charge is 0.224 e. The molecule has 1 amide bonds. The summed E-state index contributed by atoms with van der Waals surface area (Å²) in [6.07, 6.45) is 0.228. The van der Waals surface area contributed by atoms with Crippen molar-refractivity contribution >= 4 is 46.3 Å². The summed E-state index contributed by atoms with van der Waals surface area (Å²) in [5, 5.41) is 3.92. The van der Waals surface area contributed by atoms with Gasteiger partial charge in [-0.05, 0) is 42.5 Å². The number of benzene rings is 2. The fourth-order valence-electron chi connectivity index (χ4n) is 2.22. The third-order valence-electron chi connectivity index (χ3n) is 3.46. The fraction of sp³-hybridized carbons (Fsp3) is 0.222. The molecule has 0 bridgehead atoms. The lowest BCUT2D eigenvalue weighted by Gasteiger charge is -2.18. The molecule has 24 heavy (non-hydrogen) atoms. The molecule has 0 aliphatic carbocycles. The van der Waals surface area contributed by atoms with Gasteiger partial charge in [0.2, 0.25) is 5.91 Å². The van der Waals surface area contributed by atoms with Crippen molar-refractivity contribution in [2.24, 2.45) is 0 Å². The van der Waals surface area contributed by atoms with Crippen molar-refractivity contribution in [1.29, 1.82) is 0 Å². The Bertz CT molecular complexity index is 743. The molecule has 2 aromatic rings. The van der Waals surface area contributed by atoms with Gasteiger partial charge < -0.3 is 10.2 Å². The summed E-state index contributed by atoms with van der Waals surface area (Å²) in [5.41, 5.74) is 2.01. The molecule has 0 aliphatic rings. The van der Waals surface area contributed by atoms with E-state index in [9.17, 15) is 9.59 Å². The lowest BCUT2D eigenvalue weighted by atomic mass is 10.1. The Labute approximate surface area is 151 Å². The summed E-state index contributed by atoms with van der Waals surface area (Å²) in [4.78, 5) is 26.1. The van der Waals surface area contributed by atoms with Gasteiger partial charge in [-0.25, -0.2) is 0 Å². The summed E-state index contributed by atoms with van der Waals surface area (Å²) in [7, 11) is 3.76. The van der Waals surface area contributed by atoms with Gasteiger partial charge in [-0.2, -0.15) is 0 Å². The van der Waals surface area contributed by atoms with Crippen LogP contribution in [-0.4, -0.2) is 25.8 Å². The average Bonchev–Trinajstić information content (AvgIpc) is 2.53. The summed E-state index contributed by atoms with van der Waals surface area (Å²) in [6, 6.07) is 11.9. The molecule has 1 N–H and O–H groups in total. The minimum Gasteiger partial charge on any atom is -0.376 e. The first-order valence-corrected chi connectivity index (χ1v) is 8.18. The molecular weight excluding hydrogens is 347 g/mol. The zero-order valence-corrected chi connectivity index (χ0v) is 15.0. The van der Waals surface area contributed by atoms with Gasteiger partial charge in [0.1, 0.15) is 0 Å². The fourth-order valence-corrected chi connectivity index (χ4v) is 2.52. The van der Waals surface area contributed by atoms with Crippen molar-refractivity contribution in [2.45, 2.75) is 12.8 Å². The highest BCUT2D eigenvalue weighted by atomic mass is 35.5. The molecule has 2 rings (SSSR count). The van der Waals surface area contributed by atoms with Crippen LogP contribution in [0.5, 0.6) is 0 Å². The molecule has 2 aromatic carbocycles. The van der Waals surface area contributed by atoms with E-state index < -0.39 is 0 Å². The number of ketones is 1. The van der Waals surface area contributed by atoms with Crippen molar-refractivity contribution in [1.82, 2.24) is 0 Å². The quantitative estimate of drug-likeness (QED) is 0.758. The van der Waals surface area contributed by atoms with Gasteiger partial charge in [0.25, 0.3) is 0 Å². The highest BCUT2D eigenvalue weighted by Crippen LogP contribution is 2.28. The Balaban J connectivity index is 1.97. The van der Waals surface area contributed by atoms with Crippen LogP contribution in [0.4, 0.5) is 11.4 Å². The molecule has 0 heterocycles. The van der Waals surface area contributed by atoms with Crippen LogP contribution in [0.1, 0.15) is 23.2 Å². The standard InChI is InChI=1S/C18H18Cl2N2O2/c1-22(2)16-8-7-14(20)11-15(16)21-18(24)10-9-17(23)12-3-5-13(19)6-4-12/h3-8,11H,9-10H2,1-2H3,(H,21,24). The maximum atomic E-state index is 12.1. The number of carbonyl (C=O) groups is 2. The first-order valence-electron chi connectivity index (χ1n) is 7.42. The molecule has 0 saturated carbocycles. The minimum absolute atomic E-state index is 0.0965. The highest BCUT2D eigenvalue weighted by Gasteiger charge is 2.12. The van der Waals surface area contributed by atoms with E-state index >= 15 is 0 Å². The molecule has 0 aromatic heterocycles. The maximum Gasteiger partial charge on any atom is 0.224 e. The van der Waals surface area contributed by atoms with Gasteiger partial charge in [-0.1, -0.05) is 23.2 Å². The molecule has 6 heteroatoms. The summed E-state index contributed by atoms with van der Waals surface area (Å²) >= 11 is 11.8. The van der Waals surface area contributed by atoms with Crippen LogP contribution in [-0.2, 0) is 4.79 Å². The first-order chi connectivity index (χ1) is 11.4. The van der Waals surface area contributed by atoms with E-state index in [1.807, 2.05) is 25.1 Å². The van der Waals surface area contributed by atoms with Crippen molar-refractivity contribution in [3.8, 4) is 0 Å². The molecule has 0 spiro atoms.